The van der Waals surface area contributed by atoms with Gasteiger partial charge in [-0.15, -0.1) is 0 Å². The molecule has 1 heterocycles. The third-order valence-electron chi connectivity index (χ3n) is 6.44. The Bertz CT molecular complexity index is 638. The highest BCUT2D eigenvalue weighted by molar-refractivity contribution is 5.95. The van der Waals surface area contributed by atoms with Crippen LogP contribution >= 0.6 is 0 Å². The van der Waals surface area contributed by atoms with Crippen molar-refractivity contribution in [3.05, 3.63) is 12.2 Å². The van der Waals surface area contributed by atoms with E-state index in [-0.39, 0.29) is 36.6 Å². The monoisotopic (exact) mass is 350 g/mol. The molecule has 0 spiro atoms. The first-order chi connectivity index (χ1) is 11.6. The molecule has 6 nitrogen and oxygen atoms in total. The van der Waals surface area contributed by atoms with Crippen LogP contribution in [-0.2, 0) is 23.9 Å². The van der Waals surface area contributed by atoms with E-state index in [0.717, 1.165) is 0 Å². The zero-order valence-electron chi connectivity index (χ0n) is 15.0. The van der Waals surface area contributed by atoms with Crippen molar-refractivity contribution in [2.75, 3.05) is 6.61 Å². The zero-order chi connectivity index (χ0) is 18.6. The molecule has 0 unspecified atom stereocenters. The van der Waals surface area contributed by atoms with Crippen molar-refractivity contribution < 1.29 is 29.0 Å². The summed E-state index contributed by atoms with van der Waals surface area (Å²) in [6, 6.07) is 0. The number of carbonyl (C=O) groups excluding carboxylic acids is 3. The first-order valence-electron chi connectivity index (χ1n) is 8.97. The molecule has 0 bridgehead atoms. The Morgan fingerprint density at radius 3 is 2.72 bits per heavy atom. The van der Waals surface area contributed by atoms with Gasteiger partial charge in [0, 0.05) is 17.9 Å². The molecular weight excluding hydrogens is 324 g/mol. The van der Waals surface area contributed by atoms with E-state index in [2.05, 4.69) is 6.58 Å². The molecule has 0 amide bonds. The molecule has 3 aliphatic rings. The molecule has 0 aromatic rings. The Balaban J connectivity index is 2.07. The highest BCUT2D eigenvalue weighted by Crippen LogP contribution is 2.59. The summed E-state index contributed by atoms with van der Waals surface area (Å²) in [7, 11) is 0. The lowest BCUT2D eigenvalue weighted by Gasteiger charge is -2.45. The summed E-state index contributed by atoms with van der Waals surface area (Å²) in [6.45, 7) is 8.89. The summed E-state index contributed by atoms with van der Waals surface area (Å²) < 4.78 is 11.0. The van der Waals surface area contributed by atoms with Gasteiger partial charge in [0.25, 0.3) is 0 Å². The van der Waals surface area contributed by atoms with Crippen LogP contribution < -0.4 is 0 Å². The lowest BCUT2D eigenvalue weighted by Crippen LogP contribution is -2.61. The molecular formula is C19H26O6. The van der Waals surface area contributed by atoms with Crippen LogP contribution in [0, 0.1) is 23.2 Å². The third kappa shape index (κ3) is 2.37. The Hall–Kier alpha value is -1.69. The maximum absolute atomic E-state index is 13.0. The van der Waals surface area contributed by atoms with Gasteiger partial charge in [-0.05, 0) is 25.2 Å². The Kier molecular flexibility index (Phi) is 4.30. The largest absolute Gasteiger partial charge is 0.464 e. The van der Waals surface area contributed by atoms with Gasteiger partial charge in [0.2, 0.25) is 0 Å². The quantitative estimate of drug-likeness (QED) is 0.616. The van der Waals surface area contributed by atoms with Crippen LogP contribution in [-0.4, -0.2) is 41.1 Å². The lowest BCUT2D eigenvalue weighted by atomic mass is 9.64. The molecule has 3 rings (SSSR count). The van der Waals surface area contributed by atoms with Gasteiger partial charge in [0.15, 0.2) is 0 Å². The molecule has 5 atom stereocenters. The van der Waals surface area contributed by atoms with Gasteiger partial charge in [-0.2, -0.15) is 0 Å². The summed E-state index contributed by atoms with van der Waals surface area (Å²) in [5.74, 6) is -2.01. The second-order valence-corrected chi connectivity index (χ2v) is 8.02. The maximum Gasteiger partial charge on any atom is 0.334 e. The number of hydrogen-bond donors (Lipinski definition) is 1. The topological polar surface area (TPSA) is 89.9 Å². The van der Waals surface area contributed by atoms with Crippen molar-refractivity contribution in [1.29, 1.82) is 0 Å². The van der Waals surface area contributed by atoms with Crippen LogP contribution in [0.1, 0.15) is 46.5 Å². The Morgan fingerprint density at radius 1 is 1.40 bits per heavy atom. The number of hydrogen-bond acceptors (Lipinski definition) is 6. The van der Waals surface area contributed by atoms with Crippen molar-refractivity contribution in [1.82, 2.24) is 0 Å². The average molecular weight is 350 g/mol. The maximum atomic E-state index is 13.0. The molecule has 0 aromatic carbocycles. The van der Waals surface area contributed by atoms with Crippen molar-refractivity contribution >= 4 is 17.7 Å². The van der Waals surface area contributed by atoms with Crippen molar-refractivity contribution in [3.63, 3.8) is 0 Å². The predicted molar refractivity (Wildman–Crippen MR) is 88.3 cm³/mol. The van der Waals surface area contributed by atoms with Gasteiger partial charge in [0.05, 0.1) is 11.5 Å². The molecule has 1 aliphatic heterocycles. The molecule has 0 radical (unpaired) electrons. The molecule has 25 heavy (non-hydrogen) atoms. The van der Waals surface area contributed by atoms with E-state index in [9.17, 15) is 19.5 Å². The second-order valence-electron chi connectivity index (χ2n) is 8.02. The second kappa shape index (κ2) is 5.94. The van der Waals surface area contributed by atoms with Gasteiger partial charge in [-0.3, -0.25) is 9.59 Å². The normalized spacial score (nSPS) is 40.5. The van der Waals surface area contributed by atoms with E-state index >= 15 is 0 Å². The van der Waals surface area contributed by atoms with Gasteiger partial charge in [0.1, 0.15) is 23.9 Å². The minimum atomic E-state index is -1.41. The Morgan fingerprint density at radius 2 is 2.08 bits per heavy atom. The number of ether oxygens (including phenoxy) is 2. The van der Waals surface area contributed by atoms with E-state index in [1.165, 1.54) is 0 Å². The molecule has 3 fully saturated rings. The van der Waals surface area contributed by atoms with Gasteiger partial charge >= 0.3 is 11.9 Å². The zero-order valence-corrected chi connectivity index (χ0v) is 15.0. The summed E-state index contributed by atoms with van der Waals surface area (Å²) >= 11 is 0. The number of fused-ring (bicyclic) bond motifs is 3. The fourth-order valence-corrected chi connectivity index (χ4v) is 4.77. The summed E-state index contributed by atoms with van der Waals surface area (Å²) in [6.07, 6.45) is 0.927. The first-order valence-corrected chi connectivity index (χ1v) is 8.97. The van der Waals surface area contributed by atoms with E-state index < -0.39 is 29.1 Å². The number of aliphatic hydroxyl groups is 1. The van der Waals surface area contributed by atoms with Crippen LogP contribution in [0.5, 0.6) is 0 Å². The van der Waals surface area contributed by atoms with Gasteiger partial charge < -0.3 is 14.6 Å². The molecule has 6 heteroatoms. The SMILES string of the molecule is C=C1C(=O)O[C@@H]2[C@H]1CC[C@H](C)[C@]1(O)CCC(=O)[C@@]21COC(=O)C(C)C. The van der Waals surface area contributed by atoms with Crippen molar-refractivity contribution in [2.45, 2.75) is 58.2 Å². The number of esters is 2. The van der Waals surface area contributed by atoms with Crippen molar-refractivity contribution in [3.8, 4) is 0 Å². The molecule has 1 N–H and O–H groups in total. The molecule has 2 aliphatic carbocycles. The highest BCUT2D eigenvalue weighted by atomic mass is 16.6. The van der Waals surface area contributed by atoms with E-state index in [1.54, 1.807) is 13.8 Å². The van der Waals surface area contributed by atoms with Crippen LogP contribution in [0.2, 0.25) is 0 Å². The van der Waals surface area contributed by atoms with Gasteiger partial charge in [-0.25, -0.2) is 4.79 Å². The smallest absolute Gasteiger partial charge is 0.334 e. The molecule has 138 valence electrons. The lowest BCUT2D eigenvalue weighted by molar-refractivity contribution is -0.192. The molecule has 0 aromatic heterocycles. The minimum absolute atomic E-state index is 0.172. The Labute approximate surface area is 147 Å². The summed E-state index contributed by atoms with van der Waals surface area (Å²) in [5.41, 5.74) is -2.42. The van der Waals surface area contributed by atoms with Crippen LogP contribution in [0.3, 0.4) is 0 Å². The number of Topliss-reactive ketones (excluding diaryl/α,β-unsaturated/α-hetero) is 1. The fourth-order valence-electron chi connectivity index (χ4n) is 4.77. The number of carbonyl (C=O) groups is 3. The standard InChI is InChI=1S/C19H26O6/c1-10(2)16(21)24-9-18-14(20)7-8-19(18,23)11(3)5-6-13-12(4)17(22)25-15(13)18/h10-11,13,15,23H,4-9H2,1-3H3/t11-,13-,15+,18-,19+/m0/s1. The average Bonchev–Trinajstić information content (AvgIpc) is 2.96. The van der Waals surface area contributed by atoms with Crippen LogP contribution in [0.4, 0.5) is 0 Å². The van der Waals surface area contributed by atoms with Crippen LogP contribution in [0.15, 0.2) is 12.2 Å². The third-order valence-corrected chi connectivity index (χ3v) is 6.44. The summed E-state index contributed by atoms with van der Waals surface area (Å²) in [5, 5.41) is 11.5. The van der Waals surface area contributed by atoms with E-state index in [0.29, 0.717) is 24.8 Å². The van der Waals surface area contributed by atoms with E-state index in [4.69, 9.17) is 9.47 Å². The van der Waals surface area contributed by atoms with Crippen molar-refractivity contribution in [2.24, 2.45) is 23.2 Å². The predicted octanol–water partition coefficient (Wildman–Crippen LogP) is 1.79. The fraction of sp³-hybridized carbons (Fsp3) is 0.737. The van der Waals surface area contributed by atoms with Crippen LogP contribution in [0.25, 0.3) is 0 Å². The summed E-state index contributed by atoms with van der Waals surface area (Å²) in [4.78, 5) is 37.1. The first kappa shape index (κ1) is 18.1. The molecule has 2 saturated carbocycles. The highest BCUT2D eigenvalue weighted by Gasteiger charge is 2.71. The number of ketones is 1. The van der Waals surface area contributed by atoms with Gasteiger partial charge in [-0.1, -0.05) is 27.4 Å². The molecule has 1 saturated heterocycles. The van der Waals surface area contributed by atoms with E-state index in [1.807, 2.05) is 6.92 Å². The minimum Gasteiger partial charge on any atom is -0.464 e. The number of rotatable bonds is 3.